The van der Waals surface area contributed by atoms with Crippen molar-refractivity contribution in [3.05, 3.63) is 56.5 Å². The molecule has 2 aromatic carbocycles. The molecule has 0 amide bonds. The molecule has 2 rings (SSSR count). The van der Waals surface area contributed by atoms with Crippen LogP contribution in [-0.4, -0.2) is 13.5 Å². The Hall–Kier alpha value is -0.890. The zero-order chi connectivity index (χ0) is 15.6. The van der Waals surface area contributed by atoms with Crippen molar-refractivity contribution in [1.29, 1.82) is 0 Å². The normalized spacial score (nSPS) is 11.6. The number of halogens is 2. The number of sulfonamides is 1. The molecule has 21 heavy (non-hydrogen) atoms. The van der Waals surface area contributed by atoms with Gasteiger partial charge in [0.05, 0.1) is 4.90 Å². The maximum absolute atomic E-state index is 12.4. The van der Waals surface area contributed by atoms with Gasteiger partial charge in [0.15, 0.2) is 0 Å². The van der Waals surface area contributed by atoms with Crippen LogP contribution in [0, 0.1) is 6.92 Å². The molecule has 112 valence electrons. The zero-order valence-electron chi connectivity index (χ0n) is 11.1. The highest BCUT2D eigenvalue weighted by molar-refractivity contribution is 9.11. The molecule has 0 aliphatic carbocycles. The lowest BCUT2D eigenvalue weighted by Gasteiger charge is -2.10. The molecule has 0 spiro atoms. The Morgan fingerprint density at radius 3 is 2.52 bits per heavy atom. The number of hydrogen-bond acceptors (Lipinski definition) is 3. The molecule has 0 aliphatic rings. The van der Waals surface area contributed by atoms with Gasteiger partial charge in [-0.2, -0.15) is 0 Å². The summed E-state index contributed by atoms with van der Waals surface area (Å²) in [6, 6.07) is 9.76. The first kappa shape index (κ1) is 16.5. The molecule has 0 atom stereocenters. The van der Waals surface area contributed by atoms with Gasteiger partial charge in [0.1, 0.15) is 5.75 Å². The minimum Gasteiger partial charge on any atom is -0.508 e. The van der Waals surface area contributed by atoms with Crippen molar-refractivity contribution in [1.82, 2.24) is 4.72 Å². The van der Waals surface area contributed by atoms with Crippen molar-refractivity contribution in [2.45, 2.75) is 18.4 Å². The van der Waals surface area contributed by atoms with Gasteiger partial charge in [0.2, 0.25) is 10.0 Å². The average molecular weight is 435 g/mol. The first-order valence-corrected chi connectivity index (χ1v) is 9.10. The van der Waals surface area contributed by atoms with E-state index in [-0.39, 0.29) is 17.2 Å². The number of phenolic OH excluding ortho intramolecular Hbond substituents is 1. The minimum atomic E-state index is -3.65. The number of rotatable bonds is 4. The molecule has 0 aliphatic heterocycles. The smallest absolute Gasteiger partial charge is 0.242 e. The highest BCUT2D eigenvalue weighted by Gasteiger charge is 2.18. The second-order valence-electron chi connectivity index (χ2n) is 4.53. The van der Waals surface area contributed by atoms with Crippen LogP contribution >= 0.6 is 31.9 Å². The van der Waals surface area contributed by atoms with Gasteiger partial charge in [-0.15, -0.1) is 0 Å². The molecule has 0 radical (unpaired) electrons. The van der Waals surface area contributed by atoms with Crippen LogP contribution in [0.5, 0.6) is 5.75 Å². The van der Waals surface area contributed by atoms with E-state index in [0.29, 0.717) is 10.0 Å². The van der Waals surface area contributed by atoms with Crippen molar-refractivity contribution >= 4 is 41.9 Å². The molecule has 7 heteroatoms. The quantitative estimate of drug-likeness (QED) is 0.770. The van der Waals surface area contributed by atoms with Gasteiger partial charge in [-0.3, -0.25) is 0 Å². The van der Waals surface area contributed by atoms with Crippen LogP contribution < -0.4 is 4.72 Å². The second kappa shape index (κ2) is 6.48. The summed E-state index contributed by atoms with van der Waals surface area (Å²) in [5.41, 5.74) is 1.62. The highest BCUT2D eigenvalue weighted by Crippen LogP contribution is 2.28. The predicted molar refractivity (Wildman–Crippen MR) is 88.7 cm³/mol. The van der Waals surface area contributed by atoms with Gasteiger partial charge in [-0.25, -0.2) is 13.1 Å². The number of nitrogens with one attached hydrogen (secondary N) is 1. The third-order valence-corrected chi connectivity index (χ3v) is 6.09. The first-order chi connectivity index (χ1) is 9.79. The Bertz CT molecular complexity index is 776. The summed E-state index contributed by atoms with van der Waals surface area (Å²) in [6.45, 7) is 1.99. The van der Waals surface area contributed by atoms with Gasteiger partial charge < -0.3 is 5.11 Å². The number of aromatic hydroxyl groups is 1. The van der Waals surface area contributed by atoms with E-state index in [1.54, 1.807) is 24.3 Å². The van der Waals surface area contributed by atoms with E-state index in [1.807, 2.05) is 6.92 Å². The summed E-state index contributed by atoms with van der Waals surface area (Å²) in [4.78, 5) is 0.167. The zero-order valence-corrected chi connectivity index (χ0v) is 15.1. The third-order valence-electron chi connectivity index (χ3n) is 2.88. The summed E-state index contributed by atoms with van der Waals surface area (Å²) < 4.78 is 28.4. The molecule has 0 heterocycles. The summed E-state index contributed by atoms with van der Waals surface area (Å²) in [6.07, 6.45) is 0. The first-order valence-electron chi connectivity index (χ1n) is 6.03. The van der Waals surface area contributed by atoms with Crippen LogP contribution in [0.2, 0.25) is 0 Å². The van der Waals surface area contributed by atoms with E-state index in [9.17, 15) is 13.5 Å². The molecule has 4 nitrogen and oxygen atoms in total. The predicted octanol–water partition coefficient (Wildman–Crippen LogP) is 3.70. The van der Waals surface area contributed by atoms with Crippen molar-refractivity contribution in [2.75, 3.05) is 0 Å². The summed E-state index contributed by atoms with van der Waals surface area (Å²) in [7, 11) is -3.65. The Kier molecular flexibility index (Phi) is 5.08. The Labute approximate surface area is 140 Å². The van der Waals surface area contributed by atoms with E-state index in [4.69, 9.17) is 0 Å². The van der Waals surface area contributed by atoms with E-state index in [0.717, 1.165) is 10.0 Å². The Morgan fingerprint density at radius 2 is 1.86 bits per heavy atom. The van der Waals surface area contributed by atoms with E-state index >= 15 is 0 Å². The van der Waals surface area contributed by atoms with Crippen LogP contribution in [0.15, 0.2) is 50.2 Å². The fraction of sp³-hybridized carbons (Fsp3) is 0.143. The largest absolute Gasteiger partial charge is 0.508 e. The molecule has 0 saturated heterocycles. The number of hydrogen-bond donors (Lipinski definition) is 2. The lowest BCUT2D eigenvalue weighted by Crippen LogP contribution is -2.23. The molecular formula is C14H13Br2NO3S. The average Bonchev–Trinajstić information content (AvgIpc) is 2.41. The third kappa shape index (κ3) is 4.06. The van der Waals surface area contributed by atoms with Crippen LogP contribution in [0.25, 0.3) is 0 Å². The molecule has 0 fully saturated rings. The lowest BCUT2D eigenvalue weighted by molar-refractivity contribution is 0.474. The maximum Gasteiger partial charge on any atom is 0.242 e. The van der Waals surface area contributed by atoms with Gasteiger partial charge in [0, 0.05) is 15.5 Å². The number of phenols is 1. The van der Waals surface area contributed by atoms with Gasteiger partial charge in [-0.1, -0.05) is 28.1 Å². The molecule has 0 unspecified atom stereocenters. The minimum absolute atomic E-state index is 0.103. The molecular weight excluding hydrogens is 422 g/mol. The van der Waals surface area contributed by atoms with E-state index in [1.165, 1.54) is 12.1 Å². The Morgan fingerprint density at radius 1 is 1.14 bits per heavy atom. The van der Waals surface area contributed by atoms with Gasteiger partial charge in [-0.05, 0) is 58.2 Å². The van der Waals surface area contributed by atoms with Gasteiger partial charge >= 0.3 is 0 Å². The van der Waals surface area contributed by atoms with Crippen LogP contribution in [-0.2, 0) is 16.6 Å². The van der Waals surface area contributed by atoms with Crippen molar-refractivity contribution < 1.29 is 13.5 Å². The second-order valence-corrected chi connectivity index (χ2v) is 7.97. The van der Waals surface area contributed by atoms with Crippen LogP contribution in [0.3, 0.4) is 0 Å². The van der Waals surface area contributed by atoms with Crippen molar-refractivity contribution in [3.63, 3.8) is 0 Å². The van der Waals surface area contributed by atoms with Gasteiger partial charge in [0.25, 0.3) is 0 Å². The fourth-order valence-corrected chi connectivity index (χ4v) is 4.45. The maximum atomic E-state index is 12.4. The number of aryl methyl sites for hydroxylation is 1. The molecule has 2 aromatic rings. The molecule has 0 bridgehead atoms. The SMILES string of the molecule is Cc1cc(Br)c(S(=O)(=O)NCc2cccc(O)c2)cc1Br. The summed E-state index contributed by atoms with van der Waals surface area (Å²) in [5, 5.41) is 9.38. The fourth-order valence-electron chi connectivity index (χ4n) is 1.76. The highest BCUT2D eigenvalue weighted by atomic mass is 79.9. The standard InChI is InChI=1S/C14H13Br2NO3S/c1-9-5-13(16)14(7-12(9)15)21(19,20)17-8-10-3-2-4-11(18)6-10/h2-7,17-18H,8H2,1H3. The number of benzene rings is 2. The van der Waals surface area contributed by atoms with Crippen LogP contribution in [0.4, 0.5) is 0 Å². The summed E-state index contributed by atoms with van der Waals surface area (Å²) >= 11 is 6.61. The van der Waals surface area contributed by atoms with E-state index < -0.39 is 10.0 Å². The topological polar surface area (TPSA) is 66.4 Å². The molecule has 2 N–H and O–H groups in total. The van der Waals surface area contributed by atoms with E-state index in [2.05, 4.69) is 36.6 Å². The Balaban J connectivity index is 2.25. The summed E-state index contributed by atoms with van der Waals surface area (Å²) in [5.74, 6) is 0.103. The van der Waals surface area contributed by atoms with Crippen LogP contribution in [0.1, 0.15) is 11.1 Å². The monoisotopic (exact) mass is 433 g/mol. The lowest BCUT2D eigenvalue weighted by atomic mass is 10.2. The molecule has 0 aromatic heterocycles. The molecule has 0 saturated carbocycles. The van der Waals surface area contributed by atoms with Crippen molar-refractivity contribution in [3.8, 4) is 5.75 Å². The van der Waals surface area contributed by atoms with Crippen molar-refractivity contribution in [2.24, 2.45) is 0 Å².